The smallest absolute Gasteiger partial charge is 0.363 e. The summed E-state index contributed by atoms with van der Waals surface area (Å²) in [5.41, 5.74) is 3.27. The van der Waals surface area contributed by atoms with Crippen LogP contribution in [0.1, 0.15) is 45.6 Å². The van der Waals surface area contributed by atoms with E-state index < -0.39 is 24.2 Å². The fourth-order valence-corrected chi connectivity index (χ4v) is 3.65. The third-order valence-electron chi connectivity index (χ3n) is 5.36. The molecule has 3 aromatic rings. The van der Waals surface area contributed by atoms with Crippen LogP contribution in [-0.4, -0.2) is 21.9 Å². The van der Waals surface area contributed by atoms with Crippen molar-refractivity contribution in [1.82, 2.24) is 9.78 Å². The number of aryl methyl sites for hydroxylation is 2. The molecule has 0 saturated heterocycles. The van der Waals surface area contributed by atoms with E-state index in [0.29, 0.717) is 5.69 Å². The van der Waals surface area contributed by atoms with Crippen LogP contribution in [0.5, 0.6) is 0 Å². The molecule has 1 aliphatic heterocycles. The number of nitrogens with one attached hydrogen (secondary N) is 2. The Hall–Kier alpha value is -3.29. The van der Waals surface area contributed by atoms with Gasteiger partial charge in [-0.25, -0.2) is 4.68 Å². The van der Waals surface area contributed by atoms with Crippen molar-refractivity contribution in [1.29, 1.82) is 0 Å². The van der Waals surface area contributed by atoms with Crippen LogP contribution >= 0.6 is 0 Å². The van der Waals surface area contributed by atoms with Crippen molar-refractivity contribution in [3.8, 4) is 0 Å². The number of para-hydroxylation sites is 1. The highest BCUT2D eigenvalue weighted by atomic mass is 19.4. The molecule has 2 unspecified atom stereocenters. The lowest BCUT2D eigenvalue weighted by Gasteiger charge is -2.34. The summed E-state index contributed by atoms with van der Waals surface area (Å²) in [4.78, 5) is 12.9. The van der Waals surface area contributed by atoms with E-state index in [1.54, 1.807) is 24.3 Å². The van der Waals surface area contributed by atoms with Crippen LogP contribution in [0.25, 0.3) is 0 Å². The summed E-state index contributed by atoms with van der Waals surface area (Å²) in [5.74, 6) is -0.441. The maximum absolute atomic E-state index is 13.8. The zero-order valence-electron chi connectivity index (χ0n) is 16.5. The first kappa shape index (κ1) is 20.0. The number of anilines is 2. The van der Waals surface area contributed by atoms with Gasteiger partial charge in [0.05, 0.1) is 12.2 Å². The van der Waals surface area contributed by atoms with Crippen molar-refractivity contribution < 1.29 is 18.0 Å². The van der Waals surface area contributed by atoms with Crippen molar-refractivity contribution in [2.45, 2.75) is 38.5 Å². The second-order valence-corrected chi connectivity index (χ2v) is 7.52. The molecule has 2 aromatic carbocycles. The third-order valence-corrected chi connectivity index (χ3v) is 5.36. The summed E-state index contributed by atoms with van der Waals surface area (Å²) in [6, 6.07) is 12.1. The van der Waals surface area contributed by atoms with Crippen LogP contribution < -0.4 is 10.6 Å². The number of fused-ring (bicyclic) bond motifs is 1. The van der Waals surface area contributed by atoms with E-state index in [-0.39, 0.29) is 17.8 Å². The molecule has 2 N–H and O–H groups in total. The minimum absolute atomic E-state index is 0.0697. The molecule has 4 rings (SSSR count). The van der Waals surface area contributed by atoms with Gasteiger partial charge in [-0.15, -0.1) is 0 Å². The molecule has 0 fully saturated rings. The molecule has 0 bridgehead atoms. The molecule has 1 aromatic heterocycles. The lowest BCUT2D eigenvalue weighted by molar-refractivity contribution is -0.173. The number of carbonyl (C=O) groups excluding carboxylic acids is 1. The average molecular weight is 414 g/mol. The average Bonchev–Trinajstić information content (AvgIpc) is 3.13. The Balaban J connectivity index is 1.70. The predicted octanol–water partition coefficient (Wildman–Crippen LogP) is 5.41. The van der Waals surface area contributed by atoms with Gasteiger partial charge < -0.3 is 10.6 Å². The zero-order chi connectivity index (χ0) is 21.5. The summed E-state index contributed by atoms with van der Waals surface area (Å²) in [6.07, 6.45) is -3.51. The van der Waals surface area contributed by atoms with Gasteiger partial charge in [0.2, 0.25) is 0 Å². The summed E-state index contributed by atoms with van der Waals surface area (Å²) < 4.78 is 42.3. The number of carbonyl (C=O) groups is 1. The lowest BCUT2D eigenvalue weighted by atomic mass is 9.96. The van der Waals surface area contributed by atoms with E-state index in [0.717, 1.165) is 21.4 Å². The Bertz CT molecular complexity index is 1070. The summed E-state index contributed by atoms with van der Waals surface area (Å²) in [7, 11) is 0. The van der Waals surface area contributed by atoms with Crippen molar-refractivity contribution in [3.05, 3.63) is 77.0 Å². The van der Waals surface area contributed by atoms with E-state index in [1.165, 1.54) is 6.20 Å². The van der Waals surface area contributed by atoms with Gasteiger partial charge in [-0.1, -0.05) is 48.0 Å². The molecular formula is C22H21F3N4O. The lowest BCUT2D eigenvalue weighted by Crippen LogP contribution is -2.36. The number of aromatic nitrogens is 2. The predicted molar refractivity (Wildman–Crippen MR) is 109 cm³/mol. The van der Waals surface area contributed by atoms with Crippen LogP contribution in [0.15, 0.2) is 54.7 Å². The van der Waals surface area contributed by atoms with Crippen LogP contribution in [0.3, 0.4) is 0 Å². The monoisotopic (exact) mass is 414 g/mol. The highest BCUT2D eigenvalue weighted by molar-refractivity contribution is 6.07. The van der Waals surface area contributed by atoms with Crippen LogP contribution in [-0.2, 0) is 0 Å². The Morgan fingerprint density at radius 1 is 1.13 bits per heavy atom. The molecule has 0 aliphatic carbocycles. The van der Waals surface area contributed by atoms with Crippen molar-refractivity contribution in [3.63, 3.8) is 0 Å². The fraction of sp³-hybridized carbons (Fsp3) is 0.273. The molecule has 5 nitrogen and oxygen atoms in total. The maximum atomic E-state index is 13.8. The molecule has 1 amide bonds. The van der Waals surface area contributed by atoms with Gasteiger partial charge in [0.1, 0.15) is 11.4 Å². The van der Waals surface area contributed by atoms with Crippen LogP contribution in [0.2, 0.25) is 0 Å². The molecule has 2 atom stereocenters. The second-order valence-electron chi connectivity index (χ2n) is 7.52. The van der Waals surface area contributed by atoms with Crippen molar-refractivity contribution >= 4 is 17.4 Å². The highest BCUT2D eigenvalue weighted by Crippen LogP contribution is 2.44. The van der Waals surface area contributed by atoms with Crippen molar-refractivity contribution in [2.75, 3.05) is 10.6 Å². The van der Waals surface area contributed by atoms with Gasteiger partial charge >= 0.3 is 6.18 Å². The molecule has 1 aliphatic rings. The topological polar surface area (TPSA) is 59.0 Å². The number of benzene rings is 2. The first-order chi connectivity index (χ1) is 14.2. The van der Waals surface area contributed by atoms with Gasteiger partial charge in [-0.05, 0) is 31.0 Å². The molecule has 0 radical (unpaired) electrons. The number of rotatable bonds is 3. The van der Waals surface area contributed by atoms with E-state index in [2.05, 4.69) is 15.7 Å². The molecule has 2 heterocycles. The number of halogens is 3. The number of amides is 1. The maximum Gasteiger partial charge on any atom is 0.410 e. The standard InChI is InChI=1S/C22H21F3N4O/c1-13-7-9-15(10-8-13)18-11-19(22(23,24)25)29-20(27-18)16(12-26-29)21(30)28-17-6-4-3-5-14(17)2/h3-10,12,18-19,27H,11H2,1-2H3,(H,28,30). The first-order valence-corrected chi connectivity index (χ1v) is 9.58. The van der Waals surface area contributed by atoms with E-state index in [1.807, 2.05) is 38.1 Å². The normalized spacial score (nSPS) is 18.4. The number of hydrogen-bond donors (Lipinski definition) is 2. The zero-order valence-corrected chi connectivity index (χ0v) is 16.5. The third kappa shape index (κ3) is 3.77. The number of nitrogens with zero attached hydrogens (tertiary/aromatic N) is 2. The Labute approximate surface area is 171 Å². The van der Waals surface area contributed by atoms with E-state index >= 15 is 0 Å². The van der Waals surface area contributed by atoms with Crippen LogP contribution in [0, 0.1) is 13.8 Å². The summed E-state index contributed by atoms with van der Waals surface area (Å²) >= 11 is 0. The molecule has 156 valence electrons. The SMILES string of the molecule is Cc1ccc(C2CC(C(F)(F)F)n3ncc(C(=O)Nc4ccccc4C)c3N2)cc1. The minimum Gasteiger partial charge on any atom is -0.363 e. The number of alkyl halides is 3. The Kier molecular flexibility index (Phi) is 5.01. The van der Waals surface area contributed by atoms with Gasteiger partial charge in [0.15, 0.2) is 6.04 Å². The minimum atomic E-state index is -4.49. The van der Waals surface area contributed by atoms with Gasteiger partial charge in [0.25, 0.3) is 5.91 Å². The fourth-order valence-electron chi connectivity index (χ4n) is 3.65. The molecule has 0 spiro atoms. The molecule has 8 heteroatoms. The van der Waals surface area contributed by atoms with Gasteiger partial charge in [-0.2, -0.15) is 18.3 Å². The quantitative estimate of drug-likeness (QED) is 0.602. The van der Waals surface area contributed by atoms with E-state index in [9.17, 15) is 18.0 Å². The molecular weight excluding hydrogens is 393 g/mol. The highest BCUT2D eigenvalue weighted by Gasteiger charge is 2.47. The van der Waals surface area contributed by atoms with E-state index in [4.69, 9.17) is 0 Å². The summed E-state index contributed by atoms with van der Waals surface area (Å²) in [5, 5.41) is 9.77. The number of hydrogen-bond acceptors (Lipinski definition) is 3. The Morgan fingerprint density at radius 3 is 2.50 bits per heavy atom. The molecule has 30 heavy (non-hydrogen) atoms. The Morgan fingerprint density at radius 2 is 1.83 bits per heavy atom. The van der Waals surface area contributed by atoms with Gasteiger partial charge in [-0.3, -0.25) is 4.79 Å². The molecule has 0 saturated carbocycles. The first-order valence-electron chi connectivity index (χ1n) is 9.58. The van der Waals surface area contributed by atoms with Crippen LogP contribution in [0.4, 0.5) is 24.7 Å². The summed E-state index contributed by atoms with van der Waals surface area (Å²) in [6.45, 7) is 3.76. The second kappa shape index (κ2) is 7.51. The largest absolute Gasteiger partial charge is 0.410 e. The van der Waals surface area contributed by atoms with Crippen molar-refractivity contribution in [2.24, 2.45) is 0 Å². The van der Waals surface area contributed by atoms with Gasteiger partial charge in [0, 0.05) is 12.1 Å².